The highest BCUT2D eigenvalue weighted by Crippen LogP contribution is 2.31. The highest BCUT2D eigenvalue weighted by molar-refractivity contribution is 7.99. The summed E-state index contributed by atoms with van der Waals surface area (Å²) in [6.07, 6.45) is 0. The van der Waals surface area contributed by atoms with E-state index in [0.717, 1.165) is 29.1 Å². The predicted molar refractivity (Wildman–Crippen MR) is 51.2 cm³/mol. The maximum absolute atomic E-state index is 11.7. The molecule has 4 heteroatoms. The topological polar surface area (TPSA) is 17.1 Å². The lowest BCUT2D eigenvalue weighted by Gasteiger charge is -2.43. The summed E-state index contributed by atoms with van der Waals surface area (Å²) in [5.41, 5.74) is 0. The first-order valence-corrected chi connectivity index (χ1v) is 5.67. The van der Waals surface area contributed by atoms with Crippen molar-refractivity contribution in [2.45, 2.75) is 0 Å². The second kappa shape index (κ2) is 4.06. The Balaban J connectivity index is 0.000000845. The van der Waals surface area contributed by atoms with Crippen LogP contribution < -0.4 is 24.0 Å². The number of fused-ring (bicyclic) bond motifs is 2. The average Bonchev–Trinajstić information content (AvgIpc) is 1.92. The van der Waals surface area contributed by atoms with Gasteiger partial charge in [0.25, 0.3) is 0 Å². The van der Waals surface area contributed by atoms with Crippen molar-refractivity contribution in [2.75, 3.05) is 38.7 Å². The number of carbonyl (C=O) groups excluding carboxylic acids is 1. The molecule has 0 aliphatic carbocycles. The molecule has 0 spiro atoms. The number of thioether (sulfide) groups is 1. The SMILES string of the molecule is C[N+]1(C)CC2CSCC(C1)C2=O.[I-]. The van der Waals surface area contributed by atoms with E-state index in [1.807, 2.05) is 11.8 Å². The Morgan fingerprint density at radius 2 is 1.69 bits per heavy atom. The lowest BCUT2D eigenvalue weighted by molar-refractivity contribution is -0.897. The van der Waals surface area contributed by atoms with Gasteiger partial charge < -0.3 is 28.5 Å². The number of likely N-dealkylation sites (tertiary alicyclic amines) is 1. The van der Waals surface area contributed by atoms with Crippen LogP contribution >= 0.6 is 11.8 Å². The molecule has 0 N–H and O–H groups in total. The molecule has 2 aliphatic rings. The van der Waals surface area contributed by atoms with Crippen molar-refractivity contribution in [1.82, 2.24) is 0 Å². The van der Waals surface area contributed by atoms with Crippen LogP contribution in [0.5, 0.6) is 0 Å². The van der Waals surface area contributed by atoms with E-state index < -0.39 is 0 Å². The molecule has 0 aromatic heterocycles. The van der Waals surface area contributed by atoms with E-state index in [0.29, 0.717) is 17.6 Å². The molecule has 2 unspecified atom stereocenters. The van der Waals surface area contributed by atoms with E-state index in [-0.39, 0.29) is 24.0 Å². The number of ketones is 1. The fourth-order valence-corrected chi connectivity index (χ4v) is 3.65. The van der Waals surface area contributed by atoms with E-state index >= 15 is 0 Å². The fourth-order valence-electron chi connectivity index (χ4n) is 2.40. The lowest BCUT2D eigenvalue weighted by atomic mass is 9.88. The summed E-state index contributed by atoms with van der Waals surface area (Å²) in [4.78, 5) is 11.7. The predicted octanol–water partition coefficient (Wildman–Crippen LogP) is -2.37. The Kier molecular flexibility index (Phi) is 3.68. The summed E-state index contributed by atoms with van der Waals surface area (Å²) in [7, 11) is 4.48. The minimum atomic E-state index is 0. The van der Waals surface area contributed by atoms with Crippen molar-refractivity contribution in [3.05, 3.63) is 0 Å². The molecule has 0 radical (unpaired) electrons. The number of nitrogens with zero attached hydrogens (tertiary/aromatic N) is 1. The molecule has 2 saturated heterocycles. The van der Waals surface area contributed by atoms with Crippen molar-refractivity contribution in [1.29, 1.82) is 0 Å². The monoisotopic (exact) mass is 313 g/mol. The Morgan fingerprint density at radius 3 is 2.15 bits per heavy atom. The average molecular weight is 313 g/mol. The highest BCUT2D eigenvalue weighted by Gasteiger charge is 2.43. The number of piperidine rings is 1. The zero-order chi connectivity index (χ0) is 8.77. The molecule has 2 atom stereocenters. The minimum Gasteiger partial charge on any atom is -1.00 e. The van der Waals surface area contributed by atoms with Crippen molar-refractivity contribution in [3.63, 3.8) is 0 Å². The van der Waals surface area contributed by atoms with Crippen LogP contribution in [0.3, 0.4) is 0 Å². The summed E-state index contributed by atoms with van der Waals surface area (Å²) >= 11 is 1.96. The number of Topliss-reactive ketones (excluding diaryl/α,β-unsaturated/α-hetero) is 1. The fraction of sp³-hybridized carbons (Fsp3) is 0.889. The summed E-state index contributed by atoms with van der Waals surface area (Å²) in [6, 6.07) is 0. The number of hydrogen-bond acceptors (Lipinski definition) is 2. The molecule has 0 aromatic carbocycles. The van der Waals surface area contributed by atoms with E-state index in [4.69, 9.17) is 0 Å². The number of hydrogen-bond donors (Lipinski definition) is 0. The largest absolute Gasteiger partial charge is 1.00 e. The van der Waals surface area contributed by atoms with Crippen molar-refractivity contribution >= 4 is 17.5 Å². The summed E-state index contributed by atoms with van der Waals surface area (Å²) in [6.45, 7) is 2.12. The molecule has 0 amide bonds. The summed E-state index contributed by atoms with van der Waals surface area (Å²) in [5.74, 6) is 3.40. The summed E-state index contributed by atoms with van der Waals surface area (Å²) < 4.78 is 1.04. The quantitative estimate of drug-likeness (QED) is 0.367. The number of halogens is 1. The molecular formula is C9H16INOS. The normalized spacial score (nSPS) is 36.6. The van der Waals surface area contributed by atoms with Crippen molar-refractivity contribution in [3.8, 4) is 0 Å². The first-order chi connectivity index (χ1) is 5.58. The summed E-state index contributed by atoms with van der Waals surface area (Å²) in [5, 5.41) is 0. The van der Waals surface area contributed by atoms with Crippen LogP contribution in [0, 0.1) is 11.8 Å². The first kappa shape index (κ1) is 11.8. The molecular weight excluding hydrogens is 297 g/mol. The molecule has 0 aromatic rings. The van der Waals surface area contributed by atoms with Gasteiger partial charge in [-0.15, -0.1) is 0 Å². The van der Waals surface area contributed by atoms with Crippen LogP contribution in [-0.4, -0.2) is 49.0 Å². The highest BCUT2D eigenvalue weighted by atomic mass is 127. The number of quaternary nitrogens is 1. The van der Waals surface area contributed by atoms with Crippen LogP contribution in [0.15, 0.2) is 0 Å². The van der Waals surface area contributed by atoms with Crippen LogP contribution in [0.2, 0.25) is 0 Å². The van der Waals surface area contributed by atoms with Gasteiger partial charge >= 0.3 is 0 Å². The van der Waals surface area contributed by atoms with Crippen LogP contribution in [0.1, 0.15) is 0 Å². The first-order valence-electron chi connectivity index (χ1n) is 4.52. The molecule has 2 aliphatic heterocycles. The molecule has 2 bridgehead atoms. The zero-order valence-electron chi connectivity index (χ0n) is 8.12. The molecule has 2 fully saturated rings. The molecule has 2 rings (SSSR count). The van der Waals surface area contributed by atoms with Gasteiger partial charge in [-0.1, -0.05) is 0 Å². The Bertz CT molecular complexity index is 202. The maximum atomic E-state index is 11.7. The van der Waals surface area contributed by atoms with Crippen molar-refractivity contribution in [2.24, 2.45) is 11.8 Å². The molecule has 2 heterocycles. The van der Waals surface area contributed by atoms with Gasteiger partial charge in [0.1, 0.15) is 0 Å². The smallest absolute Gasteiger partial charge is 0.151 e. The molecule has 2 nitrogen and oxygen atoms in total. The van der Waals surface area contributed by atoms with Gasteiger partial charge in [-0.25, -0.2) is 0 Å². The Morgan fingerprint density at radius 1 is 1.23 bits per heavy atom. The molecule has 76 valence electrons. The number of carbonyl (C=O) groups is 1. The van der Waals surface area contributed by atoms with Crippen LogP contribution in [0.4, 0.5) is 0 Å². The Labute approximate surface area is 101 Å². The van der Waals surface area contributed by atoms with Gasteiger partial charge in [-0.05, 0) is 0 Å². The second-order valence-electron chi connectivity index (χ2n) is 4.63. The van der Waals surface area contributed by atoms with Gasteiger partial charge in [0.2, 0.25) is 0 Å². The molecule has 0 saturated carbocycles. The minimum absolute atomic E-state index is 0. The van der Waals surface area contributed by atoms with E-state index in [1.165, 1.54) is 0 Å². The van der Waals surface area contributed by atoms with Crippen LogP contribution in [0.25, 0.3) is 0 Å². The zero-order valence-corrected chi connectivity index (χ0v) is 11.1. The third-order valence-electron chi connectivity index (χ3n) is 2.87. The third kappa shape index (κ3) is 2.39. The second-order valence-corrected chi connectivity index (χ2v) is 5.71. The maximum Gasteiger partial charge on any atom is 0.151 e. The van der Waals surface area contributed by atoms with Gasteiger partial charge in [0.05, 0.1) is 39.0 Å². The van der Waals surface area contributed by atoms with Gasteiger partial charge in [0, 0.05) is 11.5 Å². The van der Waals surface area contributed by atoms with Gasteiger partial charge in [0.15, 0.2) is 5.78 Å². The van der Waals surface area contributed by atoms with E-state index in [9.17, 15) is 4.79 Å². The van der Waals surface area contributed by atoms with Crippen molar-refractivity contribution < 1.29 is 33.3 Å². The number of rotatable bonds is 0. The van der Waals surface area contributed by atoms with Gasteiger partial charge in [-0.2, -0.15) is 11.8 Å². The van der Waals surface area contributed by atoms with E-state index in [1.54, 1.807) is 0 Å². The van der Waals surface area contributed by atoms with Gasteiger partial charge in [-0.3, -0.25) is 4.79 Å². The van der Waals surface area contributed by atoms with E-state index in [2.05, 4.69) is 14.1 Å². The Hall–Kier alpha value is 0.710. The van der Waals surface area contributed by atoms with Crippen LogP contribution in [-0.2, 0) is 4.79 Å². The lowest BCUT2D eigenvalue weighted by Crippen LogP contribution is -3.00. The third-order valence-corrected chi connectivity index (χ3v) is 4.15. The standard InChI is InChI=1S/C9H16NOS.HI/c1-10(2)3-7-5-12-6-8(4-10)9(7)11;/h7-8H,3-6H2,1-2H3;1H/q+1;/p-1. The molecule has 13 heavy (non-hydrogen) atoms.